The molecule has 1 unspecified atom stereocenters. The third-order valence-electron chi connectivity index (χ3n) is 4.76. The fraction of sp³-hybridized carbons (Fsp3) is 0.200. The molecule has 1 saturated heterocycles. The number of rotatable bonds is 3. The quantitative estimate of drug-likeness (QED) is 0.612. The lowest BCUT2D eigenvalue weighted by Crippen LogP contribution is -2.24. The number of nitrogens with zero attached hydrogens (tertiary/aromatic N) is 2. The molecule has 4 rings (SSSR count). The molecule has 0 spiro atoms. The highest BCUT2D eigenvalue weighted by Gasteiger charge is 2.39. The van der Waals surface area contributed by atoms with Gasteiger partial charge in [-0.05, 0) is 35.5 Å². The van der Waals surface area contributed by atoms with Crippen LogP contribution in [0, 0.1) is 0 Å². The Bertz CT molecular complexity index is 1090. The summed E-state index contributed by atoms with van der Waals surface area (Å²) < 4.78 is 40.8. The molecule has 1 atom stereocenters. The van der Waals surface area contributed by atoms with Crippen molar-refractivity contribution in [3.05, 3.63) is 71.4 Å². The van der Waals surface area contributed by atoms with Gasteiger partial charge in [0.1, 0.15) is 5.25 Å². The molecule has 0 radical (unpaired) electrons. The highest BCUT2D eigenvalue weighted by atomic mass is 32.2. The first-order valence-corrected chi connectivity index (χ1v) is 9.36. The number of amides is 2. The number of halogens is 3. The van der Waals surface area contributed by atoms with Crippen molar-refractivity contribution in [3.8, 4) is 0 Å². The molecule has 2 amide bonds. The molecule has 3 aromatic rings. The van der Waals surface area contributed by atoms with Gasteiger partial charge < -0.3 is 4.57 Å². The number of aromatic nitrogens is 1. The maximum Gasteiger partial charge on any atom is 0.416 e. The lowest BCUT2D eigenvalue weighted by Gasteiger charge is -2.10. The Morgan fingerprint density at radius 1 is 1.07 bits per heavy atom. The van der Waals surface area contributed by atoms with Crippen LogP contribution in [0.4, 0.5) is 18.0 Å². The van der Waals surface area contributed by atoms with Crippen molar-refractivity contribution in [1.29, 1.82) is 0 Å². The molecule has 0 aliphatic carbocycles. The fourth-order valence-corrected chi connectivity index (χ4v) is 4.37. The number of hydrogen-bond donors (Lipinski definition) is 0. The van der Waals surface area contributed by atoms with Crippen LogP contribution in [0.3, 0.4) is 0 Å². The van der Waals surface area contributed by atoms with Crippen LogP contribution in [0.1, 0.15) is 21.9 Å². The summed E-state index contributed by atoms with van der Waals surface area (Å²) >= 11 is 0.951. The molecule has 0 saturated carbocycles. The zero-order chi connectivity index (χ0) is 20.1. The number of carbonyl (C=O) groups is 2. The largest absolute Gasteiger partial charge is 0.416 e. The number of carbonyl (C=O) groups excluding carboxylic acids is 2. The van der Waals surface area contributed by atoms with E-state index in [1.54, 1.807) is 12.3 Å². The van der Waals surface area contributed by atoms with Crippen LogP contribution < -0.4 is 0 Å². The summed E-state index contributed by atoms with van der Waals surface area (Å²) in [5.41, 5.74) is 1.29. The number of imide groups is 1. The normalized spacial score (nSPS) is 17.7. The standard InChI is InChI=1S/C20H15F3N2O2S/c1-24-18(26)17(28-19(24)27)15-11-25(16-8-3-2-7-14(15)16)10-12-5-4-6-13(9-12)20(21,22)23/h2-9,11,17H,10H2,1H3. The highest BCUT2D eigenvalue weighted by molar-refractivity contribution is 8.15. The smallest absolute Gasteiger partial charge is 0.343 e. The first-order valence-electron chi connectivity index (χ1n) is 8.48. The summed E-state index contributed by atoms with van der Waals surface area (Å²) in [5.74, 6) is -0.294. The van der Waals surface area contributed by atoms with Gasteiger partial charge in [-0.25, -0.2) is 0 Å². The molecule has 1 aliphatic heterocycles. The summed E-state index contributed by atoms with van der Waals surface area (Å²) in [6.45, 7) is 0.222. The predicted octanol–water partition coefficient (Wildman–Crippen LogP) is 5.07. The van der Waals surface area contributed by atoms with Crippen LogP contribution in [0.15, 0.2) is 54.7 Å². The first-order chi connectivity index (χ1) is 13.3. The minimum Gasteiger partial charge on any atom is -0.343 e. The number of para-hydroxylation sites is 1. The molecular formula is C20H15F3N2O2S. The van der Waals surface area contributed by atoms with E-state index in [-0.39, 0.29) is 17.7 Å². The Hall–Kier alpha value is -2.74. The van der Waals surface area contributed by atoms with Gasteiger partial charge in [0.05, 0.1) is 5.56 Å². The molecule has 1 aliphatic rings. The lowest BCUT2D eigenvalue weighted by molar-refractivity contribution is -0.137. The highest BCUT2D eigenvalue weighted by Crippen LogP contribution is 2.42. The molecule has 0 bridgehead atoms. The van der Waals surface area contributed by atoms with Gasteiger partial charge in [-0.2, -0.15) is 13.2 Å². The summed E-state index contributed by atoms with van der Waals surface area (Å²) in [6, 6.07) is 12.5. The molecule has 1 aromatic heterocycles. The molecule has 144 valence electrons. The number of alkyl halides is 3. The van der Waals surface area contributed by atoms with E-state index in [1.807, 2.05) is 28.8 Å². The van der Waals surface area contributed by atoms with Crippen LogP contribution in [0.5, 0.6) is 0 Å². The number of likely N-dealkylation sites (N-methyl/N-ethyl adjacent to an activating group) is 1. The number of hydrogen-bond acceptors (Lipinski definition) is 3. The minimum atomic E-state index is -4.40. The van der Waals surface area contributed by atoms with Crippen LogP contribution in [0.2, 0.25) is 0 Å². The Morgan fingerprint density at radius 2 is 1.82 bits per heavy atom. The lowest BCUT2D eigenvalue weighted by atomic mass is 10.1. The summed E-state index contributed by atoms with van der Waals surface area (Å²) in [4.78, 5) is 25.4. The van der Waals surface area contributed by atoms with Crippen molar-refractivity contribution in [3.63, 3.8) is 0 Å². The average Bonchev–Trinajstić information content (AvgIpc) is 3.14. The Labute approximate surface area is 162 Å². The number of benzene rings is 2. The van der Waals surface area contributed by atoms with Gasteiger partial charge in [0.2, 0.25) is 5.91 Å². The SMILES string of the molecule is CN1C(=O)SC(c2cn(Cc3cccc(C(F)(F)F)c3)c3ccccc23)C1=O. The Morgan fingerprint density at radius 3 is 2.50 bits per heavy atom. The van der Waals surface area contributed by atoms with Crippen molar-refractivity contribution in [2.45, 2.75) is 18.0 Å². The van der Waals surface area contributed by atoms with Gasteiger partial charge in [0.25, 0.3) is 5.24 Å². The van der Waals surface area contributed by atoms with Gasteiger partial charge in [-0.1, -0.05) is 30.3 Å². The number of thioether (sulfide) groups is 1. The van der Waals surface area contributed by atoms with E-state index in [9.17, 15) is 22.8 Å². The average molecular weight is 404 g/mol. The molecule has 1 fully saturated rings. The topological polar surface area (TPSA) is 42.3 Å². The van der Waals surface area contributed by atoms with Gasteiger partial charge >= 0.3 is 6.18 Å². The summed E-state index contributed by atoms with van der Waals surface area (Å²) in [6.07, 6.45) is -2.65. The molecule has 0 N–H and O–H groups in total. The van der Waals surface area contributed by atoms with E-state index in [0.29, 0.717) is 11.1 Å². The zero-order valence-corrected chi connectivity index (χ0v) is 15.6. The van der Waals surface area contributed by atoms with E-state index in [0.717, 1.165) is 39.7 Å². The van der Waals surface area contributed by atoms with E-state index >= 15 is 0 Å². The number of fused-ring (bicyclic) bond motifs is 1. The Balaban J connectivity index is 1.76. The Kier molecular flexibility index (Phi) is 4.45. The maximum atomic E-state index is 13.0. The van der Waals surface area contributed by atoms with E-state index in [1.165, 1.54) is 13.1 Å². The van der Waals surface area contributed by atoms with Crippen molar-refractivity contribution in [2.75, 3.05) is 7.05 Å². The third kappa shape index (κ3) is 3.17. The monoisotopic (exact) mass is 404 g/mol. The zero-order valence-electron chi connectivity index (χ0n) is 14.7. The first kappa shape index (κ1) is 18.6. The van der Waals surface area contributed by atoms with Gasteiger partial charge in [-0.15, -0.1) is 0 Å². The molecule has 8 heteroatoms. The van der Waals surface area contributed by atoms with Crippen molar-refractivity contribution in [2.24, 2.45) is 0 Å². The van der Waals surface area contributed by atoms with Crippen LogP contribution in [0.25, 0.3) is 10.9 Å². The van der Waals surface area contributed by atoms with Crippen molar-refractivity contribution >= 4 is 33.8 Å². The molecule has 28 heavy (non-hydrogen) atoms. The summed E-state index contributed by atoms with van der Waals surface area (Å²) in [5, 5.41) is -0.154. The molecule has 4 nitrogen and oxygen atoms in total. The van der Waals surface area contributed by atoms with Crippen LogP contribution in [-0.4, -0.2) is 27.7 Å². The fourth-order valence-electron chi connectivity index (χ4n) is 3.35. The molecule has 2 aromatic carbocycles. The van der Waals surface area contributed by atoms with Gasteiger partial charge in [-0.3, -0.25) is 14.5 Å². The molecule has 2 heterocycles. The maximum absolute atomic E-state index is 13.0. The van der Waals surface area contributed by atoms with E-state index in [4.69, 9.17) is 0 Å². The van der Waals surface area contributed by atoms with Crippen molar-refractivity contribution in [1.82, 2.24) is 9.47 Å². The van der Waals surface area contributed by atoms with Crippen molar-refractivity contribution < 1.29 is 22.8 Å². The molecular weight excluding hydrogens is 389 g/mol. The minimum absolute atomic E-state index is 0.222. The third-order valence-corrected chi connectivity index (χ3v) is 5.92. The second-order valence-electron chi connectivity index (χ2n) is 6.59. The van der Waals surface area contributed by atoms with Gasteiger partial charge in [0, 0.05) is 36.3 Å². The summed E-state index contributed by atoms with van der Waals surface area (Å²) in [7, 11) is 1.44. The van der Waals surface area contributed by atoms with Gasteiger partial charge in [0.15, 0.2) is 0 Å². The second-order valence-corrected chi connectivity index (χ2v) is 7.65. The second kappa shape index (κ2) is 6.70. The predicted molar refractivity (Wildman–Crippen MR) is 101 cm³/mol. The van der Waals surface area contributed by atoms with E-state index in [2.05, 4.69) is 0 Å². The van der Waals surface area contributed by atoms with Crippen LogP contribution in [-0.2, 0) is 17.5 Å². The van der Waals surface area contributed by atoms with Crippen LogP contribution >= 0.6 is 11.8 Å². The van der Waals surface area contributed by atoms with E-state index < -0.39 is 17.0 Å².